The Balaban J connectivity index is 2.10. The number of hydrogen-bond acceptors (Lipinski definition) is 4. The van der Waals surface area contributed by atoms with E-state index in [-0.39, 0.29) is 0 Å². The largest absolute Gasteiger partial charge is 0.493 e. The van der Waals surface area contributed by atoms with E-state index >= 15 is 0 Å². The minimum Gasteiger partial charge on any atom is -0.493 e. The maximum Gasteiger partial charge on any atom is 0.161 e. The van der Waals surface area contributed by atoms with Crippen molar-refractivity contribution in [3.63, 3.8) is 0 Å². The summed E-state index contributed by atoms with van der Waals surface area (Å²) in [5.41, 5.74) is 1.99. The first-order valence-electron chi connectivity index (χ1n) is 7.11. The van der Waals surface area contributed by atoms with Gasteiger partial charge in [-0.15, -0.1) is 0 Å². The Morgan fingerprint density at radius 2 is 1.95 bits per heavy atom. The van der Waals surface area contributed by atoms with Gasteiger partial charge in [-0.05, 0) is 30.7 Å². The van der Waals surface area contributed by atoms with Crippen molar-refractivity contribution in [1.29, 1.82) is 0 Å². The number of hydrogen-bond donors (Lipinski definition) is 2. The zero-order valence-corrected chi connectivity index (χ0v) is 13.1. The van der Waals surface area contributed by atoms with E-state index in [1.54, 1.807) is 14.2 Å². The Morgan fingerprint density at radius 3 is 2.62 bits per heavy atom. The molecule has 0 saturated heterocycles. The van der Waals surface area contributed by atoms with E-state index in [0.717, 1.165) is 35.9 Å². The molecule has 5 nitrogen and oxygen atoms in total. The normalized spacial score (nSPS) is 10.9. The van der Waals surface area contributed by atoms with E-state index in [0.29, 0.717) is 11.7 Å². The summed E-state index contributed by atoms with van der Waals surface area (Å²) < 4.78 is 10.6. The second-order valence-electron chi connectivity index (χ2n) is 5.34. The van der Waals surface area contributed by atoms with Gasteiger partial charge in [-0.3, -0.25) is 0 Å². The Labute approximate surface area is 125 Å². The van der Waals surface area contributed by atoms with Gasteiger partial charge in [0.05, 0.1) is 32.7 Å². The molecule has 1 aromatic carbocycles. The predicted molar refractivity (Wildman–Crippen MR) is 83.7 cm³/mol. The highest BCUT2D eigenvalue weighted by molar-refractivity contribution is 5.63. The number of ether oxygens (including phenoxy) is 2. The maximum absolute atomic E-state index is 5.32. The van der Waals surface area contributed by atoms with Gasteiger partial charge in [-0.2, -0.15) is 0 Å². The van der Waals surface area contributed by atoms with Gasteiger partial charge in [0.1, 0.15) is 5.82 Å². The van der Waals surface area contributed by atoms with E-state index in [1.807, 2.05) is 24.4 Å². The molecule has 0 unspecified atom stereocenters. The average Bonchev–Trinajstić information content (AvgIpc) is 2.95. The molecule has 2 N–H and O–H groups in total. The molecule has 0 spiro atoms. The van der Waals surface area contributed by atoms with Gasteiger partial charge in [0, 0.05) is 5.56 Å². The summed E-state index contributed by atoms with van der Waals surface area (Å²) in [4.78, 5) is 7.72. The first-order chi connectivity index (χ1) is 10.1. The summed E-state index contributed by atoms with van der Waals surface area (Å²) in [6.45, 7) is 6.09. The first-order valence-corrected chi connectivity index (χ1v) is 7.11. The highest BCUT2D eigenvalue weighted by Gasteiger charge is 2.08. The van der Waals surface area contributed by atoms with E-state index in [9.17, 15) is 0 Å². The highest BCUT2D eigenvalue weighted by Crippen LogP contribution is 2.31. The topological polar surface area (TPSA) is 59.2 Å². The fourth-order valence-electron chi connectivity index (χ4n) is 2.08. The number of aromatic amines is 1. The zero-order valence-electron chi connectivity index (χ0n) is 13.1. The molecule has 21 heavy (non-hydrogen) atoms. The van der Waals surface area contributed by atoms with Gasteiger partial charge in [0.25, 0.3) is 0 Å². The molecule has 0 amide bonds. The Hall–Kier alpha value is -2.01. The monoisotopic (exact) mass is 289 g/mol. The van der Waals surface area contributed by atoms with E-state index in [1.165, 1.54) is 0 Å². The minimum absolute atomic E-state index is 0.630. The van der Waals surface area contributed by atoms with Crippen molar-refractivity contribution >= 4 is 0 Å². The molecule has 0 radical (unpaired) electrons. The fourth-order valence-corrected chi connectivity index (χ4v) is 2.08. The van der Waals surface area contributed by atoms with Gasteiger partial charge in [-0.1, -0.05) is 13.8 Å². The fraction of sp³-hybridized carbons (Fsp3) is 0.438. The van der Waals surface area contributed by atoms with E-state index < -0.39 is 0 Å². The minimum atomic E-state index is 0.630. The van der Waals surface area contributed by atoms with Crippen molar-refractivity contribution < 1.29 is 9.47 Å². The van der Waals surface area contributed by atoms with Crippen molar-refractivity contribution in [2.75, 3.05) is 20.8 Å². The summed E-state index contributed by atoms with van der Waals surface area (Å²) in [5.74, 6) is 2.99. The third-order valence-electron chi connectivity index (χ3n) is 3.17. The van der Waals surface area contributed by atoms with Gasteiger partial charge >= 0.3 is 0 Å². The van der Waals surface area contributed by atoms with Crippen LogP contribution in [0.25, 0.3) is 11.3 Å². The second kappa shape index (κ2) is 7.13. The average molecular weight is 289 g/mol. The third-order valence-corrected chi connectivity index (χ3v) is 3.17. The standard InChI is InChI=1S/C16H23N3O2/c1-11(2)8-17-10-16-18-9-13(19-16)12-5-6-14(20-3)15(7-12)21-4/h5-7,9,11,17H,8,10H2,1-4H3,(H,18,19). The second-order valence-corrected chi connectivity index (χ2v) is 5.34. The van der Waals surface area contributed by atoms with Crippen LogP contribution in [0.4, 0.5) is 0 Å². The van der Waals surface area contributed by atoms with Crippen molar-refractivity contribution in [3.05, 3.63) is 30.2 Å². The lowest BCUT2D eigenvalue weighted by atomic mass is 10.1. The number of H-pyrrole nitrogens is 1. The molecule has 1 aromatic heterocycles. The molecule has 0 atom stereocenters. The zero-order chi connectivity index (χ0) is 15.2. The summed E-state index contributed by atoms with van der Waals surface area (Å²) >= 11 is 0. The Bertz CT molecular complexity index is 579. The summed E-state index contributed by atoms with van der Waals surface area (Å²) in [6.07, 6.45) is 1.84. The van der Waals surface area contributed by atoms with Crippen molar-refractivity contribution in [3.8, 4) is 22.8 Å². The van der Waals surface area contributed by atoms with Crippen molar-refractivity contribution in [2.24, 2.45) is 5.92 Å². The van der Waals surface area contributed by atoms with Crippen LogP contribution >= 0.6 is 0 Å². The maximum atomic E-state index is 5.32. The molecule has 1 heterocycles. The van der Waals surface area contributed by atoms with Crippen LogP contribution in [0.3, 0.4) is 0 Å². The lowest BCUT2D eigenvalue weighted by Gasteiger charge is -2.08. The van der Waals surface area contributed by atoms with Crippen LogP contribution < -0.4 is 14.8 Å². The molecular formula is C16H23N3O2. The molecule has 2 aromatic rings. The van der Waals surface area contributed by atoms with Gasteiger partial charge < -0.3 is 19.8 Å². The van der Waals surface area contributed by atoms with E-state index in [4.69, 9.17) is 9.47 Å². The number of imidazole rings is 1. The first kappa shape index (κ1) is 15.4. The summed E-state index contributed by atoms with van der Waals surface area (Å²) in [6, 6.07) is 5.82. The van der Waals surface area contributed by atoms with Crippen molar-refractivity contribution in [2.45, 2.75) is 20.4 Å². The SMILES string of the molecule is COc1ccc(-c2cnc(CNCC(C)C)[nH]2)cc1OC. The van der Waals surface area contributed by atoms with Gasteiger partial charge in [0.15, 0.2) is 11.5 Å². The number of rotatable bonds is 7. The lowest BCUT2D eigenvalue weighted by molar-refractivity contribution is 0.355. The van der Waals surface area contributed by atoms with Crippen molar-refractivity contribution in [1.82, 2.24) is 15.3 Å². The highest BCUT2D eigenvalue weighted by atomic mass is 16.5. The summed E-state index contributed by atoms with van der Waals surface area (Å²) in [7, 11) is 3.27. The lowest BCUT2D eigenvalue weighted by Crippen LogP contribution is -2.19. The molecule has 0 aliphatic heterocycles. The van der Waals surface area contributed by atoms with Gasteiger partial charge in [0.2, 0.25) is 0 Å². The number of aromatic nitrogens is 2. The number of benzene rings is 1. The molecule has 0 aliphatic rings. The van der Waals surface area contributed by atoms with Gasteiger partial charge in [-0.25, -0.2) is 4.98 Å². The molecule has 0 fully saturated rings. The van der Waals surface area contributed by atoms with Crippen LogP contribution in [-0.2, 0) is 6.54 Å². The quantitative estimate of drug-likeness (QED) is 0.823. The number of nitrogens with one attached hydrogen (secondary N) is 2. The molecular weight excluding hydrogens is 266 g/mol. The number of nitrogens with zero attached hydrogens (tertiary/aromatic N) is 1. The van der Waals surface area contributed by atoms with Crippen LogP contribution in [-0.4, -0.2) is 30.7 Å². The van der Waals surface area contributed by atoms with Crippen LogP contribution in [0.5, 0.6) is 11.5 Å². The molecule has 0 aliphatic carbocycles. The van der Waals surface area contributed by atoms with Crippen LogP contribution in [0.15, 0.2) is 24.4 Å². The predicted octanol–water partition coefficient (Wildman–Crippen LogP) is 2.84. The van der Waals surface area contributed by atoms with Crippen LogP contribution in [0.1, 0.15) is 19.7 Å². The van der Waals surface area contributed by atoms with E-state index in [2.05, 4.69) is 29.1 Å². The molecule has 0 saturated carbocycles. The molecule has 2 rings (SSSR count). The number of methoxy groups -OCH3 is 2. The smallest absolute Gasteiger partial charge is 0.161 e. The Morgan fingerprint density at radius 1 is 1.19 bits per heavy atom. The molecule has 114 valence electrons. The molecule has 0 bridgehead atoms. The van der Waals surface area contributed by atoms with Crippen LogP contribution in [0.2, 0.25) is 0 Å². The summed E-state index contributed by atoms with van der Waals surface area (Å²) in [5, 5.41) is 3.37. The van der Waals surface area contributed by atoms with Crippen LogP contribution in [0, 0.1) is 5.92 Å². The molecule has 5 heteroatoms. The Kier molecular flexibility index (Phi) is 5.22. The third kappa shape index (κ3) is 3.98.